The molecule has 0 radical (unpaired) electrons. The zero-order valence-corrected chi connectivity index (χ0v) is 18.1. The molecule has 4 heteroatoms. The SMILES string of the molecule is Cc1cccc(C)c1OCC(=O)N1CCC[C@@H]1OC12CC(C)CCC1C2(C)C. The molecular weight excluding hydrogens is 350 g/mol. The first-order chi connectivity index (χ1) is 13.3. The molecule has 3 aliphatic rings. The number of aryl methyl sites for hydroxylation is 2. The fraction of sp³-hybridized carbons (Fsp3) is 0.708. The lowest BCUT2D eigenvalue weighted by Gasteiger charge is -2.34. The molecule has 1 aromatic carbocycles. The van der Waals surface area contributed by atoms with Crippen LogP contribution in [0.2, 0.25) is 0 Å². The highest BCUT2D eigenvalue weighted by atomic mass is 16.5. The van der Waals surface area contributed by atoms with Gasteiger partial charge in [-0.2, -0.15) is 0 Å². The molecule has 3 unspecified atom stereocenters. The lowest BCUT2D eigenvalue weighted by molar-refractivity contribution is -0.158. The smallest absolute Gasteiger partial charge is 0.262 e. The Kier molecular flexibility index (Phi) is 4.97. The lowest BCUT2D eigenvalue weighted by Crippen LogP contribution is -2.44. The third-order valence-corrected chi connectivity index (χ3v) is 7.65. The Hall–Kier alpha value is -1.55. The first kappa shape index (κ1) is 19.8. The summed E-state index contributed by atoms with van der Waals surface area (Å²) < 4.78 is 12.7. The van der Waals surface area contributed by atoms with Gasteiger partial charge in [-0.3, -0.25) is 4.79 Å². The van der Waals surface area contributed by atoms with Gasteiger partial charge < -0.3 is 14.4 Å². The van der Waals surface area contributed by atoms with Gasteiger partial charge in [-0.1, -0.05) is 45.4 Å². The van der Waals surface area contributed by atoms with Crippen molar-refractivity contribution in [3.63, 3.8) is 0 Å². The van der Waals surface area contributed by atoms with E-state index in [0.717, 1.165) is 42.7 Å². The molecule has 2 aliphatic carbocycles. The van der Waals surface area contributed by atoms with Crippen molar-refractivity contribution in [1.29, 1.82) is 0 Å². The zero-order chi connectivity index (χ0) is 20.1. The van der Waals surface area contributed by atoms with Crippen molar-refractivity contribution in [2.45, 2.75) is 78.6 Å². The van der Waals surface area contributed by atoms with Crippen molar-refractivity contribution in [2.24, 2.45) is 17.3 Å². The minimum Gasteiger partial charge on any atom is -0.483 e. The summed E-state index contributed by atoms with van der Waals surface area (Å²) in [6, 6.07) is 6.06. The van der Waals surface area contributed by atoms with Gasteiger partial charge in [0.1, 0.15) is 12.0 Å². The number of nitrogens with zero attached hydrogens (tertiary/aromatic N) is 1. The number of hydrogen-bond donors (Lipinski definition) is 0. The number of hydrogen-bond acceptors (Lipinski definition) is 3. The third-order valence-electron chi connectivity index (χ3n) is 7.65. The third kappa shape index (κ3) is 3.14. The number of para-hydroxylation sites is 1. The quantitative estimate of drug-likeness (QED) is 0.726. The van der Waals surface area contributed by atoms with Crippen LogP contribution in [0.3, 0.4) is 0 Å². The predicted octanol–water partition coefficient (Wildman–Crippen LogP) is 4.86. The summed E-state index contributed by atoms with van der Waals surface area (Å²) >= 11 is 0. The maximum atomic E-state index is 13.0. The number of likely N-dealkylation sites (tertiary alicyclic amines) is 1. The maximum absolute atomic E-state index is 13.0. The molecule has 0 aromatic heterocycles. The van der Waals surface area contributed by atoms with E-state index < -0.39 is 0 Å². The molecule has 1 amide bonds. The van der Waals surface area contributed by atoms with E-state index in [-0.39, 0.29) is 29.8 Å². The fourth-order valence-corrected chi connectivity index (χ4v) is 5.91. The van der Waals surface area contributed by atoms with E-state index >= 15 is 0 Å². The Morgan fingerprint density at radius 1 is 1.18 bits per heavy atom. The second-order valence-electron chi connectivity index (χ2n) is 9.86. The standard InChI is InChI=1S/C24H35NO3/c1-16-11-12-19-23(4,5)24(19,14-16)28-21-10-7-13-25(21)20(26)15-27-22-17(2)8-6-9-18(22)3/h6,8-9,16,19,21H,7,10-15H2,1-5H3/t16?,19?,21-,24?/m0/s1. The summed E-state index contributed by atoms with van der Waals surface area (Å²) in [7, 11) is 0. The minimum absolute atomic E-state index is 0.0360. The molecule has 1 aliphatic heterocycles. The second-order valence-corrected chi connectivity index (χ2v) is 9.86. The molecular formula is C24H35NO3. The van der Waals surface area contributed by atoms with Gasteiger partial charge in [0.2, 0.25) is 0 Å². The number of fused-ring (bicyclic) bond motifs is 1. The lowest BCUT2D eigenvalue weighted by atomic mass is 9.88. The number of carbonyl (C=O) groups excluding carboxylic acids is 1. The summed E-state index contributed by atoms with van der Waals surface area (Å²) in [4.78, 5) is 14.9. The van der Waals surface area contributed by atoms with Crippen molar-refractivity contribution in [1.82, 2.24) is 4.90 Å². The molecule has 0 bridgehead atoms. The van der Waals surface area contributed by atoms with Crippen LogP contribution < -0.4 is 4.74 Å². The van der Waals surface area contributed by atoms with Gasteiger partial charge in [-0.15, -0.1) is 0 Å². The van der Waals surface area contributed by atoms with Gasteiger partial charge in [-0.25, -0.2) is 0 Å². The summed E-state index contributed by atoms with van der Waals surface area (Å²) in [6.45, 7) is 11.9. The van der Waals surface area contributed by atoms with Crippen LogP contribution in [-0.4, -0.2) is 35.8 Å². The topological polar surface area (TPSA) is 38.8 Å². The highest BCUT2D eigenvalue weighted by Gasteiger charge is 2.73. The van der Waals surface area contributed by atoms with Crippen molar-refractivity contribution in [3.8, 4) is 5.75 Å². The minimum atomic E-state index is -0.0938. The molecule has 0 N–H and O–H groups in total. The van der Waals surface area contributed by atoms with Crippen LogP contribution >= 0.6 is 0 Å². The Labute approximate surface area is 169 Å². The molecule has 1 saturated heterocycles. The van der Waals surface area contributed by atoms with Crippen LogP contribution in [0, 0.1) is 31.1 Å². The van der Waals surface area contributed by atoms with Crippen molar-refractivity contribution < 1.29 is 14.3 Å². The summed E-state index contributed by atoms with van der Waals surface area (Å²) in [5.74, 6) is 2.21. The Bertz CT molecular complexity index is 738. The van der Waals surface area contributed by atoms with Gasteiger partial charge in [0, 0.05) is 6.54 Å². The molecule has 3 fully saturated rings. The number of rotatable bonds is 5. The van der Waals surface area contributed by atoms with Crippen LogP contribution in [0.4, 0.5) is 0 Å². The van der Waals surface area contributed by atoms with Crippen LogP contribution in [0.25, 0.3) is 0 Å². The van der Waals surface area contributed by atoms with E-state index in [9.17, 15) is 4.79 Å². The predicted molar refractivity (Wildman–Crippen MR) is 110 cm³/mol. The first-order valence-electron chi connectivity index (χ1n) is 10.9. The monoisotopic (exact) mass is 385 g/mol. The van der Waals surface area contributed by atoms with E-state index in [1.807, 2.05) is 36.9 Å². The number of ether oxygens (including phenoxy) is 2. The van der Waals surface area contributed by atoms with Gasteiger partial charge >= 0.3 is 0 Å². The summed E-state index contributed by atoms with van der Waals surface area (Å²) in [5, 5.41) is 0. The van der Waals surface area contributed by atoms with Gasteiger partial charge in [-0.05, 0) is 67.9 Å². The van der Waals surface area contributed by atoms with E-state index in [2.05, 4.69) is 20.8 Å². The van der Waals surface area contributed by atoms with Crippen molar-refractivity contribution >= 4 is 5.91 Å². The molecule has 1 heterocycles. The van der Waals surface area contributed by atoms with Crippen LogP contribution in [0.1, 0.15) is 64.0 Å². The molecule has 4 rings (SSSR count). The van der Waals surface area contributed by atoms with Gasteiger partial charge in [0.15, 0.2) is 6.61 Å². The van der Waals surface area contributed by atoms with Gasteiger partial charge in [0.25, 0.3) is 5.91 Å². The number of amides is 1. The first-order valence-corrected chi connectivity index (χ1v) is 10.9. The van der Waals surface area contributed by atoms with Crippen LogP contribution in [-0.2, 0) is 9.53 Å². The van der Waals surface area contributed by atoms with Crippen LogP contribution in [0.5, 0.6) is 5.75 Å². The van der Waals surface area contributed by atoms with Crippen LogP contribution in [0.15, 0.2) is 18.2 Å². The van der Waals surface area contributed by atoms with Crippen molar-refractivity contribution in [3.05, 3.63) is 29.3 Å². The maximum Gasteiger partial charge on any atom is 0.262 e. The van der Waals surface area contributed by atoms with E-state index in [4.69, 9.17) is 9.47 Å². The second kappa shape index (κ2) is 7.05. The highest BCUT2D eigenvalue weighted by Crippen LogP contribution is 2.71. The molecule has 4 nitrogen and oxygen atoms in total. The molecule has 4 atom stereocenters. The number of benzene rings is 1. The Morgan fingerprint density at radius 3 is 2.61 bits per heavy atom. The average Bonchev–Trinajstić information content (AvgIpc) is 2.94. The Morgan fingerprint density at radius 2 is 1.89 bits per heavy atom. The number of carbonyl (C=O) groups is 1. The normalized spacial score (nSPS) is 33.5. The Balaban J connectivity index is 1.42. The molecule has 154 valence electrons. The molecule has 28 heavy (non-hydrogen) atoms. The highest BCUT2D eigenvalue weighted by molar-refractivity contribution is 5.78. The average molecular weight is 386 g/mol. The largest absolute Gasteiger partial charge is 0.483 e. The van der Waals surface area contributed by atoms with Gasteiger partial charge in [0.05, 0.1) is 5.60 Å². The molecule has 0 spiro atoms. The van der Waals surface area contributed by atoms with E-state index in [1.165, 1.54) is 12.8 Å². The fourth-order valence-electron chi connectivity index (χ4n) is 5.91. The van der Waals surface area contributed by atoms with E-state index in [1.54, 1.807) is 0 Å². The molecule has 2 saturated carbocycles. The molecule has 1 aromatic rings. The summed E-state index contributed by atoms with van der Waals surface area (Å²) in [6.07, 6.45) is 5.54. The zero-order valence-electron chi connectivity index (χ0n) is 18.1. The summed E-state index contributed by atoms with van der Waals surface area (Å²) in [5.41, 5.74) is 2.33. The van der Waals surface area contributed by atoms with E-state index in [0.29, 0.717) is 11.8 Å². The van der Waals surface area contributed by atoms with Crippen molar-refractivity contribution in [2.75, 3.05) is 13.2 Å².